The van der Waals surface area contributed by atoms with Crippen molar-refractivity contribution >= 4 is 0 Å². The summed E-state index contributed by atoms with van der Waals surface area (Å²) in [5.41, 5.74) is 6.00. The van der Waals surface area contributed by atoms with Gasteiger partial charge >= 0.3 is 12.3 Å². The molecule has 4 unspecified atom stereocenters. The first-order valence-corrected chi connectivity index (χ1v) is 6.04. The average molecular weight is 254 g/mol. The summed E-state index contributed by atoms with van der Waals surface area (Å²) in [5.74, 6) is -2.78. The fraction of sp³-hybridized carbons (Fsp3) is 1.00. The molecule has 0 radical (unpaired) electrons. The van der Waals surface area contributed by atoms with Crippen LogP contribution in [0.2, 0.25) is 0 Å². The van der Waals surface area contributed by atoms with Crippen molar-refractivity contribution in [3.8, 4) is 0 Å². The molecular formula is C11H18F4N2. The molecule has 0 aromatic carbocycles. The Morgan fingerprint density at radius 3 is 2.41 bits per heavy atom. The maximum Gasteiger partial charge on any atom is 0.319 e. The van der Waals surface area contributed by atoms with Gasteiger partial charge in [-0.25, -0.2) is 8.78 Å². The summed E-state index contributed by atoms with van der Waals surface area (Å²) in [6.45, 7) is -0.643. The van der Waals surface area contributed by atoms with Crippen LogP contribution in [0.1, 0.15) is 19.3 Å². The van der Waals surface area contributed by atoms with Gasteiger partial charge in [0.2, 0.25) is 0 Å². The van der Waals surface area contributed by atoms with Crippen LogP contribution in [-0.2, 0) is 0 Å². The van der Waals surface area contributed by atoms with Crippen LogP contribution >= 0.6 is 0 Å². The maximum absolute atomic E-state index is 12.7. The van der Waals surface area contributed by atoms with Crippen LogP contribution in [0, 0.1) is 17.8 Å². The van der Waals surface area contributed by atoms with Gasteiger partial charge < -0.3 is 11.1 Å². The Morgan fingerprint density at radius 2 is 1.88 bits per heavy atom. The number of alkyl halides is 4. The lowest BCUT2D eigenvalue weighted by atomic mass is 9.85. The van der Waals surface area contributed by atoms with Gasteiger partial charge in [-0.05, 0) is 43.6 Å². The number of fused-ring (bicyclic) bond motifs is 2. The van der Waals surface area contributed by atoms with Gasteiger partial charge in [-0.2, -0.15) is 8.78 Å². The molecule has 6 heteroatoms. The van der Waals surface area contributed by atoms with Crippen LogP contribution in [0.15, 0.2) is 0 Å². The second-order valence-electron chi connectivity index (χ2n) is 5.27. The van der Waals surface area contributed by atoms with Gasteiger partial charge in [-0.15, -0.1) is 0 Å². The molecule has 0 saturated heterocycles. The predicted octanol–water partition coefficient (Wildman–Crippen LogP) is 1.85. The summed E-state index contributed by atoms with van der Waals surface area (Å²) < 4.78 is 49.2. The monoisotopic (exact) mass is 254 g/mol. The van der Waals surface area contributed by atoms with Gasteiger partial charge in [0.15, 0.2) is 0 Å². The molecule has 2 nitrogen and oxygen atoms in total. The number of hydrogen-bond donors (Lipinski definition) is 2. The second-order valence-corrected chi connectivity index (χ2v) is 5.27. The van der Waals surface area contributed by atoms with Crippen molar-refractivity contribution in [2.24, 2.45) is 23.5 Å². The van der Waals surface area contributed by atoms with E-state index in [1.165, 1.54) is 0 Å². The quantitative estimate of drug-likeness (QED) is 0.735. The number of nitrogens with two attached hydrogens (primary N) is 1. The van der Waals surface area contributed by atoms with Gasteiger partial charge in [0, 0.05) is 6.04 Å². The van der Waals surface area contributed by atoms with Crippen LogP contribution in [0.4, 0.5) is 17.6 Å². The van der Waals surface area contributed by atoms with Crippen LogP contribution in [0.3, 0.4) is 0 Å². The summed E-state index contributed by atoms with van der Waals surface area (Å²) in [6.07, 6.45) is -0.326. The van der Waals surface area contributed by atoms with Crippen LogP contribution in [0.25, 0.3) is 0 Å². The van der Waals surface area contributed by atoms with Gasteiger partial charge in [0.05, 0.1) is 6.54 Å². The van der Waals surface area contributed by atoms with Gasteiger partial charge in [0.1, 0.15) is 0 Å². The van der Waals surface area contributed by atoms with Crippen molar-refractivity contribution < 1.29 is 17.6 Å². The Morgan fingerprint density at radius 1 is 1.24 bits per heavy atom. The van der Waals surface area contributed by atoms with E-state index in [2.05, 4.69) is 5.32 Å². The fourth-order valence-corrected chi connectivity index (χ4v) is 3.24. The van der Waals surface area contributed by atoms with E-state index in [1.807, 2.05) is 0 Å². The van der Waals surface area contributed by atoms with E-state index in [9.17, 15) is 17.6 Å². The fourth-order valence-electron chi connectivity index (χ4n) is 3.24. The molecule has 0 heterocycles. The van der Waals surface area contributed by atoms with E-state index in [4.69, 9.17) is 5.73 Å². The lowest BCUT2D eigenvalue weighted by Crippen LogP contribution is -2.45. The van der Waals surface area contributed by atoms with Gasteiger partial charge in [0.25, 0.3) is 0 Å². The van der Waals surface area contributed by atoms with Crippen molar-refractivity contribution in [2.45, 2.75) is 37.7 Å². The SMILES string of the molecule is NC1C2CCC(C2)C1CNCC(F)(F)C(F)F. The first kappa shape index (κ1) is 13.1. The summed E-state index contributed by atoms with van der Waals surface area (Å²) in [6, 6.07) is 0.0430. The van der Waals surface area contributed by atoms with Crippen molar-refractivity contribution in [3.05, 3.63) is 0 Å². The topological polar surface area (TPSA) is 38.0 Å². The van der Waals surface area contributed by atoms with E-state index >= 15 is 0 Å². The standard InChI is InChI=1S/C11H18F4N2/c12-10(13)11(14,15)5-17-4-8-6-1-2-7(3-6)9(8)16/h6-10,17H,1-5,16H2. The first-order chi connectivity index (χ1) is 7.92. The summed E-state index contributed by atoms with van der Waals surface area (Å²) in [5, 5.41) is 2.45. The largest absolute Gasteiger partial charge is 0.327 e. The van der Waals surface area contributed by atoms with Gasteiger partial charge in [-0.1, -0.05) is 0 Å². The van der Waals surface area contributed by atoms with E-state index in [0.29, 0.717) is 18.4 Å². The van der Waals surface area contributed by atoms with E-state index < -0.39 is 18.9 Å². The summed E-state index contributed by atoms with van der Waals surface area (Å²) in [7, 11) is 0. The van der Waals surface area contributed by atoms with E-state index in [1.54, 1.807) is 0 Å². The van der Waals surface area contributed by atoms with Crippen molar-refractivity contribution in [2.75, 3.05) is 13.1 Å². The Bertz CT molecular complexity index is 270. The zero-order valence-corrected chi connectivity index (χ0v) is 9.51. The first-order valence-electron chi connectivity index (χ1n) is 6.04. The molecule has 4 atom stereocenters. The molecule has 2 aliphatic rings. The molecule has 100 valence electrons. The third-order valence-electron chi connectivity index (χ3n) is 4.22. The smallest absolute Gasteiger partial charge is 0.319 e. The predicted molar refractivity (Wildman–Crippen MR) is 56.1 cm³/mol. The lowest BCUT2D eigenvalue weighted by Gasteiger charge is -2.29. The number of hydrogen-bond acceptors (Lipinski definition) is 2. The maximum atomic E-state index is 12.7. The zero-order chi connectivity index (χ0) is 12.6. The minimum Gasteiger partial charge on any atom is -0.327 e. The number of rotatable bonds is 5. The molecule has 0 aromatic rings. The van der Waals surface area contributed by atoms with E-state index in [0.717, 1.165) is 19.3 Å². The van der Waals surface area contributed by atoms with Crippen LogP contribution in [0.5, 0.6) is 0 Å². The zero-order valence-electron chi connectivity index (χ0n) is 9.51. The molecule has 2 saturated carbocycles. The highest BCUT2D eigenvalue weighted by Crippen LogP contribution is 2.47. The normalized spacial score (nSPS) is 37.1. The Balaban J connectivity index is 1.76. The van der Waals surface area contributed by atoms with E-state index in [-0.39, 0.29) is 12.0 Å². The van der Waals surface area contributed by atoms with Crippen molar-refractivity contribution in [3.63, 3.8) is 0 Å². The molecule has 0 amide bonds. The van der Waals surface area contributed by atoms with Crippen LogP contribution < -0.4 is 11.1 Å². The molecule has 2 rings (SSSR count). The Hall–Kier alpha value is -0.360. The molecule has 2 fully saturated rings. The minimum atomic E-state index is -3.94. The highest BCUT2D eigenvalue weighted by atomic mass is 19.3. The highest BCUT2D eigenvalue weighted by Gasteiger charge is 2.46. The summed E-state index contributed by atoms with van der Waals surface area (Å²) in [4.78, 5) is 0. The molecule has 2 aliphatic carbocycles. The molecule has 17 heavy (non-hydrogen) atoms. The number of halogens is 4. The van der Waals surface area contributed by atoms with Crippen molar-refractivity contribution in [1.29, 1.82) is 0 Å². The summed E-state index contributed by atoms with van der Waals surface area (Å²) >= 11 is 0. The third-order valence-corrected chi connectivity index (χ3v) is 4.22. The van der Waals surface area contributed by atoms with Crippen LogP contribution in [-0.4, -0.2) is 31.5 Å². The third kappa shape index (κ3) is 2.57. The van der Waals surface area contributed by atoms with Crippen molar-refractivity contribution in [1.82, 2.24) is 5.32 Å². The van der Waals surface area contributed by atoms with Gasteiger partial charge in [-0.3, -0.25) is 0 Å². The molecule has 3 N–H and O–H groups in total. The lowest BCUT2D eigenvalue weighted by molar-refractivity contribution is -0.125. The molecule has 0 aromatic heterocycles. The minimum absolute atomic E-state index is 0.0430. The number of nitrogens with one attached hydrogen (secondary N) is 1. The molecule has 0 aliphatic heterocycles. The Kier molecular flexibility index (Phi) is 3.63. The Labute approximate surface area is 97.9 Å². The molecule has 2 bridgehead atoms. The molecular weight excluding hydrogens is 236 g/mol. The average Bonchev–Trinajstić information content (AvgIpc) is 2.81. The second kappa shape index (κ2) is 4.72. The molecule has 0 spiro atoms. The highest BCUT2D eigenvalue weighted by molar-refractivity contribution is 4.99.